The van der Waals surface area contributed by atoms with Crippen molar-refractivity contribution in [3.05, 3.63) is 60.7 Å². The van der Waals surface area contributed by atoms with Crippen LogP contribution in [0.4, 0.5) is 0 Å². The third-order valence-corrected chi connectivity index (χ3v) is 10.7. The molecule has 0 radical (unpaired) electrons. The topological polar surface area (TPSA) is 29.5 Å². The summed E-state index contributed by atoms with van der Waals surface area (Å²) in [4.78, 5) is 0. The number of rotatable bonds is 11. The fourth-order valence-electron chi connectivity index (χ4n) is 4.15. The van der Waals surface area contributed by atoms with Gasteiger partial charge in [0.15, 0.2) is 0 Å². The van der Waals surface area contributed by atoms with Crippen LogP contribution in [0.1, 0.15) is 65.7 Å². The van der Waals surface area contributed by atoms with Crippen molar-refractivity contribution in [3.8, 4) is 11.8 Å². The molecule has 0 amide bonds. The second-order valence-corrected chi connectivity index (χ2v) is 13.2. The third kappa shape index (κ3) is 6.84. The minimum Gasteiger partial charge on any atom is -0.407 e. The van der Waals surface area contributed by atoms with E-state index in [0.29, 0.717) is 0 Å². The van der Waals surface area contributed by atoms with Gasteiger partial charge in [-0.3, -0.25) is 0 Å². The summed E-state index contributed by atoms with van der Waals surface area (Å²) in [7, 11) is -2.38. The van der Waals surface area contributed by atoms with Crippen molar-refractivity contribution < 1.29 is 9.53 Å². The number of aliphatic hydroxyl groups is 1. The Morgan fingerprint density at radius 1 is 0.733 bits per heavy atom. The van der Waals surface area contributed by atoms with Crippen LogP contribution in [-0.4, -0.2) is 26.6 Å². The molecule has 0 atom stereocenters. The van der Waals surface area contributed by atoms with Crippen molar-refractivity contribution in [3.63, 3.8) is 0 Å². The Bertz CT molecular complexity index is 730. The van der Waals surface area contributed by atoms with Crippen LogP contribution in [-0.2, 0) is 4.43 Å². The fourth-order valence-corrected chi connectivity index (χ4v) is 8.76. The van der Waals surface area contributed by atoms with E-state index in [-0.39, 0.29) is 11.6 Å². The normalized spacial score (nSPS) is 11.7. The first-order valence-corrected chi connectivity index (χ1v) is 13.2. The molecule has 2 rings (SSSR count). The molecule has 0 aliphatic rings. The molecule has 0 unspecified atom stereocenters. The molecule has 0 aliphatic heterocycles. The Hall–Kier alpha value is -1.86. The molecular formula is C27H38O2Si. The summed E-state index contributed by atoms with van der Waals surface area (Å²) < 4.78 is 6.94. The van der Waals surface area contributed by atoms with Crippen LogP contribution in [0.25, 0.3) is 0 Å². The van der Waals surface area contributed by atoms with Crippen LogP contribution in [0.3, 0.4) is 0 Å². The molecule has 0 aromatic heterocycles. The van der Waals surface area contributed by atoms with Gasteiger partial charge in [0.1, 0.15) is 6.61 Å². The van der Waals surface area contributed by atoms with Gasteiger partial charge in [-0.25, -0.2) is 0 Å². The van der Waals surface area contributed by atoms with Crippen LogP contribution in [0.2, 0.25) is 5.04 Å². The Balaban J connectivity index is 1.97. The molecule has 0 saturated heterocycles. The maximum absolute atomic E-state index is 8.66. The molecule has 0 heterocycles. The lowest BCUT2D eigenvalue weighted by atomic mass is 10.1. The van der Waals surface area contributed by atoms with E-state index < -0.39 is 8.32 Å². The lowest BCUT2D eigenvalue weighted by molar-refractivity contribution is 0.286. The SMILES string of the molecule is CC(C)(C)[Si](OCCCCCCCCC#CCO)(c1ccccc1)c1ccccc1. The van der Waals surface area contributed by atoms with Gasteiger partial charge in [0.2, 0.25) is 0 Å². The fraction of sp³-hybridized carbons (Fsp3) is 0.481. The summed E-state index contributed by atoms with van der Waals surface area (Å²) in [5, 5.41) is 11.4. The Labute approximate surface area is 184 Å². The quantitative estimate of drug-likeness (QED) is 0.303. The Morgan fingerprint density at radius 2 is 1.23 bits per heavy atom. The zero-order valence-electron chi connectivity index (χ0n) is 19.0. The van der Waals surface area contributed by atoms with Gasteiger partial charge >= 0.3 is 0 Å². The number of unbranched alkanes of at least 4 members (excludes halogenated alkanes) is 6. The van der Waals surface area contributed by atoms with Gasteiger partial charge in [-0.1, -0.05) is 113 Å². The molecule has 162 valence electrons. The zero-order valence-corrected chi connectivity index (χ0v) is 20.0. The number of benzene rings is 2. The summed E-state index contributed by atoms with van der Waals surface area (Å²) in [6.45, 7) is 7.79. The van der Waals surface area contributed by atoms with Gasteiger partial charge in [-0.05, 0) is 28.3 Å². The zero-order chi connectivity index (χ0) is 21.7. The van der Waals surface area contributed by atoms with Crippen LogP contribution in [0, 0.1) is 11.8 Å². The van der Waals surface area contributed by atoms with E-state index in [9.17, 15) is 0 Å². The molecule has 1 N–H and O–H groups in total. The van der Waals surface area contributed by atoms with Crippen LogP contribution >= 0.6 is 0 Å². The molecule has 0 spiro atoms. The smallest absolute Gasteiger partial charge is 0.261 e. The highest BCUT2D eigenvalue weighted by molar-refractivity contribution is 6.99. The Morgan fingerprint density at radius 3 is 1.73 bits per heavy atom. The molecular weight excluding hydrogens is 384 g/mol. The maximum atomic E-state index is 8.66. The molecule has 0 fully saturated rings. The lowest BCUT2D eigenvalue weighted by Crippen LogP contribution is -2.66. The van der Waals surface area contributed by atoms with E-state index in [1.807, 2.05) is 0 Å². The highest BCUT2D eigenvalue weighted by Crippen LogP contribution is 2.36. The summed E-state index contributed by atoms with van der Waals surface area (Å²) in [5.74, 6) is 5.71. The van der Waals surface area contributed by atoms with Crippen molar-refractivity contribution in [1.29, 1.82) is 0 Å². The molecule has 0 bridgehead atoms. The minimum atomic E-state index is -2.38. The first-order chi connectivity index (χ1) is 14.5. The average molecular weight is 423 g/mol. The third-order valence-electron chi connectivity index (χ3n) is 5.64. The predicted molar refractivity (Wildman–Crippen MR) is 131 cm³/mol. The summed E-state index contributed by atoms with van der Waals surface area (Å²) in [5.41, 5.74) is 0. The van der Waals surface area contributed by atoms with Gasteiger partial charge in [0.25, 0.3) is 8.32 Å². The summed E-state index contributed by atoms with van der Waals surface area (Å²) in [6, 6.07) is 21.8. The number of hydrogen-bond donors (Lipinski definition) is 1. The Kier molecular flexibility index (Phi) is 10.4. The van der Waals surface area contributed by atoms with E-state index in [2.05, 4.69) is 93.3 Å². The van der Waals surface area contributed by atoms with Gasteiger partial charge in [0, 0.05) is 13.0 Å². The highest BCUT2D eigenvalue weighted by Gasteiger charge is 2.49. The van der Waals surface area contributed by atoms with Gasteiger partial charge in [0.05, 0.1) is 0 Å². The van der Waals surface area contributed by atoms with Crippen molar-refractivity contribution in [2.45, 2.75) is 70.8 Å². The van der Waals surface area contributed by atoms with E-state index in [0.717, 1.165) is 25.9 Å². The summed E-state index contributed by atoms with van der Waals surface area (Å²) in [6.07, 6.45) is 8.06. The second kappa shape index (κ2) is 12.7. The first kappa shape index (κ1) is 24.4. The number of hydrogen-bond acceptors (Lipinski definition) is 2. The average Bonchev–Trinajstić information content (AvgIpc) is 2.75. The first-order valence-electron chi connectivity index (χ1n) is 11.3. The van der Waals surface area contributed by atoms with Crippen molar-refractivity contribution in [1.82, 2.24) is 0 Å². The molecule has 2 aromatic carbocycles. The van der Waals surface area contributed by atoms with Gasteiger partial charge in [-0.15, -0.1) is 5.92 Å². The van der Waals surface area contributed by atoms with E-state index in [1.165, 1.54) is 36.1 Å². The molecule has 0 saturated carbocycles. The van der Waals surface area contributed by atoms with E-state index in [1.54, 1.807) is 0 Å². The minimum absolute atomic E-state index is 0.0225. The highest BCUT2D eigenvalue weighted by atomic mass is 28.4. The monoisotopic (exact) mass is 422 g/mol. The van der Waals surface area contributed by atoms with Crippen molar-refractivity contribution in [2.24, 2.45) is 0 Å². The largest absolute Gasteiger partial charge is 0.407 e. The van der Waals surface area contributed by atoms with Crippen LogP contribution < -0.4 is 10.4 Å². The van der Waals surface area contributed by atoms with E-state index >= 15 is 0 Å². The van der Waals surface area contributed by atoms with Crippen LogP contribution in [0.15, 0.2) is 60.7 Å². The molecule has 0 aliphatic carbocycles. The molecule has 30 heavy (non-hydrogen) atoms. The molecule has 2 nitrogen and oxygen atoms in total. The van der Waals surface area contributed by atoms with E-state index in [4.69, 9.17) is 9.53 Å². The van der Waals surface area contributed by atoms with Gasteiger partial charge in [-0.2, -0.15) is 0 Å². The molecule has 3 heteroatoms. The van der Waals surface area contributed by atoms with Crippen molar-refractivity contribution in [2.75, 3.05) is 13.2 Å². The van der Waals surface area contributed by atoms with Crippen molar-refractivity contribution >= 4 is 18.7 Å². The molecule has 2 aromatic rings. The standard InChI is InChI=1S/C27H38O2Si/c1-27(2,3)30(25-19-13-11-14-20-25,26-21-15-12-16-22-26)29-24-18-10-8-6-4-5-7-9-17-23-28/h11-16,19-22,28H,4-8,10,18,23-24H2,1-3H3. The maximum Gasteiger partial charge on any atom is 0.261 e. The second-order valence-electron chi connectivity index (χ2n) is 8.89. The lowest BCUT2D eigenvalue weighted by Gasteiger charge is -2.43. The van der Waals surface area contributed by atoms with Crippen LogP contribution in [0.5, 0.6) is 0 Å². The summed E-state index contributed by atoms with van der Waals surface area (Å²) >= 11 is 0. The number of aliphatic hydroxyl groups excluding tert-OH is 1. The van der Waals surface area contributed by atoms with Gasteiger partial charge < -0.3 is 9.53 Å². The predicted octanol–water partition coefficient (Wildman–Crippen LogP) is 5.29.